The number of nitrogens with zero attached hydrogens (tertiary/aromatic N) is 1. The summed E-state index contributed by atoms with van der Waals surface area (Å²) >= 11 is 0. The second-order valence-electron chi connectivity index (χ2n) is 4.95. The van der Waals surface area contributed by atoms with Crippen LogP contribution in [0.25, 0.3) is 0 Å². The summed E-state index contributed by atoms with van der Waals surface area (Å²) in [5.74, 6) is -0.276. The van der Waals surface area contributed by atoms with E-state index in [0.29, 0.717) is 13.1 Å². The Morgan fingerprint density at radius 3 is 2.48 bits per heavy atom. The molecular formula is C16H25N3O2. The summed E-state index contributed by atoms with van der Waals surface area (Å²) in [4.78, 5) is 25.3. The molecule has 0 bridgehead atoms. The van der Waals surface area contributed by atoms with E-state index in [0.717, 1.165) is 24.9 Å². The summed E-state index contributed by atoms with van der Waals surface area (Å²) in [5.41, 5.74) is 1.15. The van der Waals surface area contributed by atoms with Crippen LogP contribution < -0.4 is 10.6 Å². The van der Waals surface area contributed by atoms with Crippen molar-refractivity contribution in [1.82, 2.24) is 15.5 Å². The van der Waals surface area contributed by atoms with Gasteiger partial charge in [0.1, 0.15) is 0 Å². The Balaban J connectivity index is 2.35. The molecule has 0 heterocycles. The van der Waals surface area contributed by atoms with E-state index in [2.05, 4.69) is 10.6 Å². The number of likely N-dealkylation sites (N-methyl/N-ethyl adjacent to an activating group) is 1. The Morgan fingerprint density at radius 2 is 1.86 bits per heavy atom. The normalized spacial score (nSPS) is 10.4. The van der Waals surface area contributed by atoms with E-state index >= 15 is 0 Å². The second-order valence-corrected chi connectivity index (χ2v) is 4.95. The summed E-state index contributed by atoms with van der Waals surface area (Å²) in [6.07, 6.45) is 1.92. The molecule has 1 aromatic rings. The zero-order valence-corrected chi connectivity index (χ0v) is 12.9. The topological polar surface area (TPSA) is 61.4 Å². The van der Waals surface area contributed by atoms with Crippen molar-refractivity contribution >= 4 is 11.9 Å². The van der Waals surface area contributed by atoms with Crippen molar-refractivity contribution in [2.24, 2.45) is 0 Å². The Labute approximate surface area is 126 Å². The number of amides is 3. The summed E-state index contributed by atoms with van der Waals surface area (Å²) in [5, 5.41) is 5.02. The van der Waals surface area contributed by atoms with Gasteiger partial charge >= 0.3 is 6.03 Å². The molecule has 0 saturated carbocycles. The van der Waals surface area contributed by atoms with Gasteiger partial charge in [-0.25, -0.2) is 4.79 Å². The van der Waals surface area contributed by atoms with Crippen LogP contribution in [0.3, 0.4) is 0 Å². The maximum Gasteiger partial charge on any atom is 0.321 e. The molecule has 0 aliphatic carbocycles. The third-order valence-corrected chi connectivity index (χ3v) is 3.13. The van der Waals surface area contributed by atoms with Gasteiger partial charge in [-0.3, -0.25) is 15.0 Å². The molecule has 0 radical (unpaired) electrons. The molecule has 0 unspecified atom stereocenters. The molecule has 0 fully saturated rings. The lowest BCUT2D eigenvalue weighted by Gasteiger charge is -2.19. The Kier molecular flexibility index (Phi) is 8.12. The number of imide groups is 1. The van der Waals surface area contributed by atoms with Crippen LogP contribution in [0.15, 0.2) is 30.3 Å². The zero-order chi connectivity index (χ0) is 15.5. The van der Waals surface area contributed by atoms with Crippen LogP contribution in [-0.2, 0) is 11.3 Å². The maximum atomic E-state index is 11.8. The predicted octanol–water partition coefficient (Wildman–Crippen LogP) is 2.13. The number of hydrogen-bond donors (Lipinski definition) is 2. The van der Waals surface area contributed by atoms with Gasteiger partial charge in [0.25, 0.3) is 0 Å². The minimum atomic E-state index is -0.413. The molecule has 0 atom stereocenters. The first kappa shape index (κ1) is 17.2. The van der Waals surface area contributed by atoms with Gasteiger partial charge in [0, 0.05) is 13.1 Å². The van der Waals surface area contributed by atoms with Gasteiger partial charge in [-0.15, -0.1) is 0 Å². The first-order valence-corrected chi connectivity index (χ1v) is 7.49. The molecule has 5 heteroatoms. The van der Waals surface area contributed by atoms with Crippen molar-refractivity contribution < 1.29 is 9.59 Å². The van der Waals surface area contributed by atoms with Crippen molar-refractivity contribution in [2.75, 3.05) is 19.6 Å². The highest BCUT2D eigenvalue weighted by Crippen LogP contribution is 2.03. The lowest BCUT2D eigenvalue weighted by atomic mass is 10.2. The summed E-state index contributed by atoms with van der Waals surface area (Å²) in [7, 11) is 0. The van der Waals surface area contributed by atoms with E-state index in [1.54, 1.807) is 0 Å². The molecule has 21 heavy (non-hydrogen) atoms. The molecule has 0 aliphatic heterocycles. The van der Waals surface area contributed by atoms with Crippen LogP contribution >= 0.6 is 0 Å². The Morgan fingerprint density at radius 1 is 1.14 bits per heavy atom. The molecule has 116 valence electrons. The number of carbonyl (C=O) groups is 2. The number of carbonyl (C=O) groups excluding carboxylic acids is 2. The lowest BCUT2D eigenvalue weighted by molar-refractivity contribution is -0.121. The monoisotopic (exact) mass is 291 g/mol. The van der Waals surface area contributed by atoms with E-state index in [1.165, 1.54) is 0 Å². The van der Waals surface area contributed by atoms with Crippen LogP contribution in [0.2, 0.25) is 0 Å². The van der Waals surface area contributed by atoms with Crippen molar-refractivity contribution in [3.63, 3.8) is 0 Å². The highest BCUT2D eigenvalue weighted by molar-refractivity contribution is 5.95. The van der Waals surface area contributed by atoms with Gasteiger partial charge < -0.3 is 5.32 Å². The fourth-order valence-corrected chi connectivity index (χ4v) is 1.91. The number of benzene rings is 1. The Bertz CT molecular complexity index is 434. The molecule has 5 nitrogen and oxygen atoms in total. The number of hydrogen-bond acceptors (Lipinski definition) is 3. The van der Waals surface area contributed by atoms with Crippen LogP contribution in [0, 0.1) is 0 Å². The van der Waals surface area contributed by atoms with Crippen molar-refractivity contribution in [2.45, 2.75) is 33.2 Å². The van der Waals surface area contributed by atoms with E-state index in [1.807, 2.05) is 49.1 Å². The minimum Gasteiger partial charge on any atom is -0.338 e. The maximum absolute atomic E-state index is 11.8. The number of urea groups is 1. The first-order valence-electron chi connectivity index (χ1n) is 7.49. The minimum absolute atomic E-state index is 0.215. The first-order chi connectivity index (χ1) is 10.2. The average Bonchev–Trinajstić information content (AvgIpc) is 2.47. The second kappa shape index (κ2) is 9.94. The number of unbranched alkanes of at least 4 members (excludes halogenated alkanes) is 1. The quantitative estimate of drug-likeness (QED) is 0.721. The molecule has 0 aromatic heterocycles. The van der Waals surface area contributed by atoms with Crippen LogP contribution in [0.1, 0.15) is 32.3 Å². The van der Waals surface area contributed by atoms with Gasteiger partial charge in [-0.1, -0.05) is 50.6 Å². The zero-order valence-electron chi connectivity index (χ0n) is 12.9. The fraction of sp³-hybridized carbons (Fsp3) is 0.500. The van der Waals surface area contributed by atoms with Crippen LogP contribution in [0.4, 0.5) is 4.79 Å². The van der Waals surface area contributed by atoms with Crippen molar-refractivity contribution in [3.05, 3.63) is 35.9 Å². The van der Waals surface area contributed by atoms with Gasteiger partial charge in [-0.2, -0.15) is 0 Å². The smallest absolute Gasteiger partial charge is 0.321 e. The third-order valence-electron chi connectivity index (χ3n) is 3.13. The molecule has 0 saturated heterocycles. The third kappa shape index (κ3) is 7.46. The summed E-state index contributed by atoms with van der Waals surface area (Å²) < 4.78 is 0. The van der Waals surface area contributed by atoms with Gasteiger partial charge in [0.15, 0.2) is 0 Å². The fourth-order valence-electron chi connectivity index (χ4n) is 1.91. The largest absolute Gasteiger partial charge is 0.338 e. The van der Waals surface area contributed by atoms with E-state index in [-0.39, 0.29) is 12.5 Å². The molecule has 3 amide bonds. The SMILES string of the molecule is CCCCNC(=O)NC(=O)CN(CC)Cc1ccccc1. The molecule has 0 aliphatic rings. The highest BCUT2D eigenvalue weighted by atomic mass is 16.2. The highest BCUT2D eigenvalue weighted by Gasteiger charge is 2.12. The van der Waals surface area contributed by atoms with Crippen LogP contribution in [0.5, 0.6) is 0 Å². The van der Waals surface area contributed by atoms with Gasteiger partial charge in [0.2, 0.25) is 5.91 Å². The number of nitrogens with one attached hydrogen (secondary N) is 2. The lowest BCUT2D eigenvalue weighted by Crippen LogP contribution is -2.44. The molecule has 2 N–H and O–H groups in total. The Hall–Kier alpha value is -1.88. The van der Waals surface area contributed by atoms with E-state index < -0.39 is 6.03 Å². The van der Waals surface area contributed by atoms with Crippen molar-refractivity contribution in [3.8, 4) is 0 Å². The van der Waals surface area contributed by atoms with Crippen molar-refractivity contribution in [1.29, 1.82) is 0 Å². The molecule has 0 spiro atoms. The summed E-state index contributed by atoms with van der Waals surface area (Å²) in [6, 6.07) is 9.56. The van der Waals surface area contributed by atoms with Crippen LogP contribution in [-0.4, -0.2) is 36.5 Å². The standard InChI is InChI=1S/C16H25N3O2/c1-3-5-11-17-16(21)18-15(20)13-19(4-2)12-14-9-7-6-8-10-14/h6-10H,3-5,11-13H2,1-2H3,(H2,17,18,20,21). The molecule has 1 aromatic carbocycles. The van der Waals surface area contributed by atoms with Gasteiger partial charge in [0.05, 0.1) is 6.54 Å². The van der Waals surface area contributed by atoms with E-state index in [4.69, 9.17) is 0 Å². The molecule has 1 rings (SSSR count). The summed E-state index contributed by atoms with van der Waals surface area (Å²) in [6.45, 7) is 6.30. The molecular weight excluding hydrogens is 266 g/mol. The predicted molar refractivity (Wildman–Crippen MR) is 83.8 cm³/mol. The van der Waals surface area contributed by atoms with E-state index in [9.17, 15) is 9.59 Å². The number of rotatable bonds is 8. The van der Waals surface area contributed by atoms with Gasteiger partial charge in [-0.05, 0) is 18.5 Å². The average molecular weight is 291 g/mol.